The fourth-order valence-corrected chi connectivity index (χ4v) is 4.92. The van der Waals surface area contributed by atoms with Crippen LogP contribution < -0.4 is 15.4 Å². The molecular weight excluding hydrogens is 549 g/mol. The molecule has 0 spiro atoms. The van der Waals surface area contributed by atoms with E-state index in [9.17, 15) is 13.6 Å². The average molecular weight is 578 g/mol. The second-order valence-corrected chi connectivity index (χ2v) is 9.95. The Kier molecular flexibility index (Phi) is 8.59. The number of hydrogen-bond acceptors (Lipinski definition) is 2. The average Bonchev–Trinajstić information content (AvgIpc) is 3.26. The van der Waals surface area contributed by atoms with Crippen LogP contribution in [0.15, 0.2) is 54.6 Å². The van der Waals surface area contributed by atoms with Crippen LogP contribution in [-0.2, 0) is 6.42 Å². The lowest BCUT2D eigenvalue weighted by Crippen LogP contribution is -2.36. The highest BCUT2D eigenvalue weighted by molar-refractivity contribution is 14.1. The van der Waals surface area contributed by atoms with Gasteiger partial charge in [0.05, 0.1) is 12.3 Å². The summed E-state index contributed by atoms with van der Waals surface area (Å²) in [6.07, 6.45) is 6.22. The number of ether oxygens (including phenoxy) is 1. The second kappa shape index (κ2) is 11.8. The Morgan fingerprint density at radius 1 is 1.00 bits per heavy atom. The molecule has 1 aliphatic rings. The van der Waals surface area contributed by atoms with E-state index in [1.54, 1.807) is 6.07 Å². The molecule has 4 nitrogen and oxygen atoms in total. The largest absolute Gasteiger partial charge is 0.490 e. The molecule has 0 radical (unpaired) electrons. The number of nitrogens with one attached hydrogen (secondary N) is 2. The molecule has 2 amide bonds. The molecule has 0 bridgehead atoms. The number of rotatable bonds is 9. The van der Waals surface area contributed by atoms with Crippen LogP contribution in [0.1, 0.15) is 37.7 Å². The quantitative estimate of drug-likeness (QED) is 0.208. The predicted octanol–water partition coefficient (Wildman–Crippen LogP) is 7.24. The van der Waals surface area contributed by atoms with Crippen molar-refractivity contribution in [3.05, 3.63) is 71.8 Å². The zero-order valence-corrected chi connectivity index (χ0v) is 21.1. The first-order valence-corrected chi connectivity index (χ1v) is 13.3. The Morgan fingerprint density at radius 2 is 1.76 bits per heavy atom. The van der Waals surface area contributed by atoms with Gasteiger partial charge in [0, 0.05) is 16.5 Å². The number of aryl methyl sites for hydroxylation is 1. The Balaban J connectivity index is 1.22. The van der Waals surface area contributed by atoms with E-state index in [-0.39, 0.29) is 17.9 Å². The van der Waals surface area contributed by atoms with Crippen molar-refractivity contribution in [2.24, 2.45) is 5.92 Å². The summed E-state index contributed by atoms with van der Waals surface area (Å²) in [5.74, 6) is 0.328. The third kappa shape index (κ3) is 6.81. The summed E-state index contributed by atoms with van der Waals surface area (Å²) < 4.78 is 33.2. The SMILES string of the molecule is O=C(Nc1ccc(F)cc1OCCI)NC1CCC(CCCc2ccc3cc(F)ccc3c2)C1. The van der Waals surface area contributed by atoms with Gasteiger partial charge in [0.1, 0.15) is 17.4 Å². The molecule has 0 saturated heterocycles. The van der Waals surface area contributed by atoms with Crippen LogP contribution in [0.4, 0.5) is 19.3 Å². The number of alkyl halides is 1. The van der Waals surface area contributed by atoms with Gasteiger partial charge in [-0.3, -0.25) is 0 Å². The van der Waals surface area contributed by atoms with Gasteiger partial charge in [0.15, 0.2) is 0 Å². The van der Waals surface area contributed by atoms with Crippen LogP contribution in [0.5, 0.6) is 5.75 Å². The van der Waals surface area contributed by atoms with Gasteiger partial charge in [-0.2, -0.15) is 0 Å². The summed E-state index contributed by atoms with van der Waals surface area (Å²) in [6.45, 7) is 0.447. The maximum atomic E-state index is 13.6. The number of carbonyl (C=O) groups excluding carboxylic acids is 1. The molecule has 3 aromatic carbocycles. The number of amides is 2. The topological polar surface area (TPSA) is 50.4 Å². The van der Waals surface area contributed by atoms with Crippen molar-refractivity contribution < 1.29 is 18.3 Å². The number of carbonyl (C=O) groups is 1. The third-order valence-corrected chi connectivity index (χ3v) is 6.79. The Labute approximate surface area is 212 Å². The molecule has 2 unspecified atom stereocenters. The Morgan fingerprint density at radius 3 is 2.62 bits per heavy atom. The summed E-state index contributed by atoms with van der Waals surface area (Å²) in [5.41, 5.74) is 1.74. The molecule has 3 aromatic rings. The molecule has 34 heavy (non-hydrogen) atoms. The summed E-state index contributed by atoms with van der Waals surface area (Å²) in [4.78, 5) is 12.5. The Hall–Kier alpha value is -2.42. The summed E-state index contributed by atoms with van der Waals surface area (Å²) in [6, 6.07) is 15.1. The molecule has 0 aliphatic heterocycles. The molecule has 0 aromatic heterocycles. The number of anilines is 1. The molecule has 1 fully saturated rings. The number of fused-ring (bicyclic) bond motifs is 1. The van der Waals surface area contributed by atoms with E-state index in [1.165, 1.54) is 29.8 Å². The summed E-state index contributed by atoms with van der Waals surface area (Å²) >= 11 is 2.18. The number of hydrogen-bond donors (Lipinski definition) is 2. The van der Waals surface area contributed by atoms with Crippen LogP contribution in [0.3, 0.4) is 0 Å². The van der Waals surface area contributed by atoms with Crippen molar-refractivity contribution in [1.82, 2.24) is 5.32 Å². The fourth-order valence-electron chi connectivity index (χ4n) is 4.70. The van der Waals surface area contributed by atoms with Crippen molar-refractivity contribution in [2.45, 2.75) is 44.6 Å². The minimum atomic E-state index is -0.398. The first kappa shape index (κ1) is 24.7. The van der Waals surface area contributed by atoms with Crippen molar-refractivity contribution in [2.75, 3.05) is 16.4 Å². The highest BCUT2D eigenvalue weighted by atomic mass is 127. The van der Waals surface area contributed by atoms with E-state index in [1.807, 2.05) is 12.1 Å². The smallest absolute Gasteiger partial charge is 0.319 e. The predicted molar refractivity (Wildman–Crippen MR) is 141 cm³/mol. The molecular formula is C27H29F2IN2O2. The Bertz CT molecular complexity index is 1140. The van der Waals surface area contributed by atoms with Gasteiger partial charge in [-0.05, 0) is 78.6 Å². The van der Waals surface area contributed by atoms with Crippen LogP contribution in [0.25, 0.3) is 10.8 Å². The maximum Gasteiger partial charge on any atom is 0.319 e. The fraction of sp³-hybridized carbons (Fsp3) is 0.370. The van der Waals surface area contributed by atoms with Crippen molar-refractivity contribution in [1.29, 1.82) is 0 Å². The zero-order chi connectivity index (χ0) is 23.9. The highest BCUT2D eigenvalue weighted by Gasteiger charge is 2.25. The molecule has 180 valence electrons. The van der Waals surface area contributed by atoms with E-state index < -0.39 is 5.82 Å². The van der Waals surface area contributed by atoms with Crippen LogP contribution in [0, 0.1) is 17.6 Å². The van der Waals surface area contributed by atoms with E-state index in [0.717, 1.165) is 53.7 Å². The van der Waals surface area contributed by atoms with E-state index in [0.29, 0.717) is 24.0 Å². The lowest BCUT2D eigenvalue weighted by molar-refractivity contribution is 0.248. The van der Waals surface area contributed by atoms with Crippen molar-refractivity contribution in [3.8, 4) is 5.75 Å². The van der Waals surface area contributed by atoms with Gasteiger partial charge >= 0.3 is 6.03 Å². The molecule has 1 saturated carbocycles. The number of benzene rings is 3. The minimum absolute atomic E-state index is 0.139. The van der Waals surface area contributed by atoms with Gasteiger partial charge in [0.25, 0.3) is 0 Å². The monoisotopic (exact) mass is 578 g/mol. The maximum absolute atomic E-state index is 13.6. The van der Waals surface area contributed by atoms with E-state index >= 15 is 0 Å². The van der Waals surface area contributed by atoms with Crippen molar-refractivity contribution in [3.63, 3.8) is 0 Å². The van der Waals surface area contributed by atoms with Gasteiger partial charge in [-0.25, -0.2) is 13.6 Å². The molecule has 4 rings (SSSR count). The number of halogens is 3. The highest BCUT2D eigenvalue weighted by Crippen LogP contribution is 2.31. The van der Waals surface area contributed by atoms with Crippen LogP contribution >= 0.6 is 22.6 Å². The summed E-state index contributed by atoms with van der Waals surface area (Å²) in [7, 11) is 0. The second-order valence-electron chi connectivity index (χ2n) is 8.87. The molecule has 0 heterocycles. The standard InChI is InChI=1S/C27H29F2IN2O2/c28-22-8-7-20-14-18(4-6-21(20)16-22)2-1-3-19-5-10-24(15-19)31-27(33)32-25-11-9-23(29)17-26(25)34-13-12-30/h4,6-9,11,14,16-17,19,24H,1-3,5,10,12-13,15H2,(H2,31,32,33). The van der Waals surface area contributed by atoms with Gasteiger partial charge < -0.3 is 15.4 Å². The van der Waals surface area contributed by atoms with E-state index in [4.69, 9.17) is 4.74 Å². The lowest BCUT2D eigenvalue weighted by Gasteiger charge is -2.16. The lowest BCUT2D eigenvalue weighted by atomic mass is 9.97. The zero-order valence-electron chi connectivity index (χ0n) is 19.0. The first-order chi connectivity index (χ1) is 16.5. The minimum Gasteiger partial charge on any atom is -0.490 e. The molecule has 1 aliphatic carbocycles. The van der Waals surface area contributed by atoms with Crippen LogP contribution in [-0.4, -0.2) is 23.1 Å². The third-order valence-electron chi connectivity index (χ3n) is 6.35. The van der Waals surface area contributed by atoms with Crippen molar-refractivity contribution >= 4 is 45.1 Å². The molecule has 2 N–H and O–H groups in total. The van der Waals surface area contributed by atoms with Crippen LogP contribution in [0.2, 0.25) is 0 Å². The van der Waals surface area contributed by atoms with Gasteiger partial charge in [0.2, 0.25) is 0 Å². The molecule has 7 heteroatoms. The van der Waals surface area contributed by atoms with Gasteiger partial charge in [-0.15, -0.1) is 0 Å². The van der Waals surface area contributed by atoms with E-state index in [2.05, 4.69) is 45.4 Å². The first-order valence-electron chi connectivity index (χ1n) is 11.7. The van der Waals surface area contributed by atoms with Gasteiger partial charge in [-0.1, -0.05) is 53.3 Å². The molecule has 2 atom stereocenters. The summed E-state index contributed by atoms with van der Waals surface area (Å²) in [5, 5.41) is 7.86. The normalized spacial score (nSPS) is 17.6. The number of urea groups is 1.